The fraction of sp³-hybridized carbons (Fsp3) is 0.667. The summed E-state index contributed by atoms with van der Waals surface area (Å²) in [5.74, 6) is 2.04. The van der Waals surface area contributed by atoms with Crippen LogP contribution >= 0.6 is 0 Å². The molecule has 6 nitrogen and oxygen atoms in total. The Labute approximate surface area is 108 Å². The molecule has 18 heavy (non-hydrogen) atoms. The zero-order chi connectivity index (χ0) is 13.1. The van der Waals surface area contributed by atoms with Crippen molar-refractivity contribution in [2.75, 3.05) is 49.2 Å². The van der Waals surface area contributed by atoms with E-state index in [9.17, 15) is 0 Å². The molecule has 1 aromatic heterocycles. The monoisotopic (exact) mass is 250 g/mol. The van der Waals surface area contributed by atoms with Crippen molar-refractivity contribution >= 4 is 17.6 Å². The molecule has 1 saturated heterocycles. The largest absolute Gasteiger partial charge is 0.370 e. The fourth-order valence-electron chi connectivity index (χ4n) is 2.14. The lowest BCUT2D eigenvalue weighted by Crippen LogP contribution is -2.50. The number of hydrogen-bond donors (Lipinski definition) is 2. The Morgan fingerprint density at radius 3 is 2.89 bits per heavy atom. The van der Waals surface area contributed by atoms with Crippen molar-refractivity contribution < 1.29 is 0 Å². The fourth-order valence-corrected chi connectivity index (χ4v) is 2.14. The number of hydrogen-bond acceptors (Lipinski definition) is 6. The normalized spacial score (nSPS) is 21.1. The first-order chi connectivity index (χ1) is 8.60. The summed E-state index contributed by atoms with van der Waals surface area (Å²) in [5.41, 5.74) is 5.76. The Morgan fingerprint density at radius 2 is 2.22 bits per heavy atom. The summed E-state index contributed by atoms with van der Waals surface area (Å²) >= 11 is 0. The molecule has 1 fully saturated rings. The summed E-state index contributed by atoms with van der Waals surface area (Å²) in [6.45, 7) is 8.08. The van der Waals surface area contributed by atoms with Gasteiger partial charge in [-0.05, 0) is 20.9 Å². The minimum absolute atomic E-state index is 0.329. The minimum atomic E-state index is 0.329. The van der Waals surface area contributed by atoms with E-state index in [0.29, 0.717) is 12.0 Å². The number of piperazine rings is 1. The van der Waals surface area contributed by atoms with Gasteiger partial charge < -0.3 is 20.9 Å². The van der Waals surface area contributed by atoms with Crippen molar-refractivity contribution in [2.45, 2.75) is 19.9 Å². The van der Waals surface area contributed by atoms with Gasteiger partial charge in [-0.25, -0.2) is 0 Å². The van der Waals surface area contributed by atoms with E-state index in [1.165, 1.54) is 0 Å². The molecule has 0 bridgehead atoms. The van der Waals surface area contributed by atoms with E-state index < -0.39 is 0 Å². The number of nitrogens with zero attached hydrogens (tertiary/aromatic N) is 4. The van der Waals surface area contributed by atoms with Gasteiger partial charge in [-0.1, -0.05) is 0 Å². The van der Waals surface area contributed by atoms with Gasteiger partial charge in [0.25, 0.3) is 0 Å². The van der Waals surface area contributed by atoms with E-state index in [4.69, 9.17) is 5.73 Å². The second-order valence-corrected chi connectivity index (χ2v) is 4.78. The lowest BCUT2D eigenvalue weighted by molar-refractivity contribution is 0.233. The molecule has 6 heteroatoms. The smallest absolute Gasteiger partial charge is 0.223 e. The van der Waals surface area contributed by atoms with E-state index in [-0.39, 0.29) is 0 Å². The predicted octanol–water partition coefficient (Wildman–Crippen LogP) is 0.631. The third-order valence-electron chi connectivity index (χ3n) is 3.37. The summed E-state index contributed by atoms with van der Waals surface area (Å²) < 4.78 is 0. The molecule has 3 N–H and O–H groups in total. The third kappa shape index (κ3) is 2.81. The summed E-state index contributed by atoms with van der Waals surface area (Å²) in [5, 5.41) is 3.18. The second-order valence-electron chi connectivity index (χ2n) is 4.78. The van der Waals surface area contributed by atoms with Gasteiger partial charge in [0, 0.05) is 38.3 Å². The van der Waals surface area contributed by atoms with E-state index in [1.807, 2.05) is 13.0 Å². The molecular weight excluding hydrogens is 228 g/mol. The van der Waals surface area contributed by atoms with E-state index in [1.54, 1.807) is 0 Å². The van der Waals surface area contributed by atoms with E-state index >= 15 is 0 Å². The van der Waals surface area contributed by atoms with Gasteiger partial charge in [0.05, 0.1) is 0 Å². The van der Waals surface area contributed by atoms with Crippen molar-refractivity contribution in [3.63, 3.8) is 0 Å². The second kappa shape index (κ2) is 5.39. The molecule has 0 saturated carbocycles. The van der Waals surface area contributed by atoms with Crippen molar-refractivity contribution in [2.24, 2.45) is 0 Å². The van der Waals surface area contributed by atoms with Crippen LogP contribution in [0.5, 0.6) is 0 Å². The standard InChI is InChI=1S/C12H22N6/c1-4-14-10-7-11(16-12(13)15-10)18-6-5-17(3)9(2)8-18/h7,9H,4-6,8H2,1-3H3,(H3,13,14,15,16). The van der Waals surface area contributed by atoms with Crippen LogP contribution in [-0.2, 0) is 0 Å². The molecule has 1 aliphatic heterocycles. The van der Waals surface area contributed by atoms with Crippen LogP contribution in [0.4, 0.5) is 17.6 Å². The van der Waals surface area contributed by atoms with Crippen LogP contribution in [0.25, 0.3) is 0 Å². The number of rotatable bonds is 3. The molecule has 1 unspecified atom stereocenters. The maximum Gasteiger partial charge on any atom is 0.223 e. The molecule has 2 rings (SSSR count). The first kappa shape index (κ1) is 12.9. The predicted molar refractivity (Wildman–Crippen MR) is 74.9 cm³/mol. The van der Waals surface area contributed by atoms with Crippen LogP contribution in [0, 0.1) is 0 Å². The lowest BCUT2D eigenvalue weighted by Gasteiger charge is -2.38. The van der Waals surface area contributed by atoms with Gasteiger partial charge in [0.15, 0.2) is 0 Å². The van der Waals surface area contributed by atoms with Gasteiger partial charge in [-0.2, -0.15) is 9.97 Å². The van der Waals surface area contributed by atoms with Crippen LogP contribution in [-0.4, -0.2) is 54.1 Å². The Balaban J connectivity index is 2.17. The Hall–Kier alpha value is -1.56. The number of likely N-dealkylation sites (N-methyl/N-ethyl adjacent to an activating group) is 1. The molecule has 1 aliphatic rings. The summed E-state index contributed by atoms with van der Waals surface area (Å²) in [6, 6.07) is 2.50. The maximum atomic E-state index is 5.76. The molecule has 1 atom stereocenters. The average Bonchev–Trinajstić information content (AvgIpc) is 2.32. The molecule has 0 aliphatic carbocycles. The van der Waals surface area contributed by atoms with Crippen molar-refractivity contribution in [1.29, 1.82) is 0 Å². The quantitative estimate of drug-likeness (QED) is 0.820. The zero-order valence-corrected chi connectivity index (χ0v) is 11.3. The highest BCUT2D eigenvalue weighted by molar-refractivity contribution is 5.53. The highest BCUT2D eigenvalue weighted by Gasteiger charge is 2.22. The van der Waals surface area contributed by atoms with Crippen LogP contribution in [0.2, 0.25) is 0 Å². The SMILES string of the molecule is CCNc1cc(N2CCN(C)C(C)C2)nc(N)n1. The van der Waals surface area contributed by atoms with Gasteiger partial charge in [-0.3, -0.25) is 0 Å². The minimum Gasteiger partial charge on any atom is -0.370 e. The van der Waals surface area contributed by atoms with Crippen LogP contribution in [0.3, 0.4) is 0 Å². The van der Waals surface area contributed by atoms with Gasteiger partial charge >= 0.3 is 0 Å². The summed E-state index contributed by atoms with van der Waals surface area (Å²) in [6.07, 6.45) is 0. The molecular formula is C12H22N6. The topological polar surface area (TPSA) is 70.3 Å². The van der Waals surface area contributed by atoms with E-state index in [2.05, 4.69) is 39.1 Å². The molecule has 100 valence electrons. The number of anilines is 3. The molecule has 0 aromatic carbocycles. The summed E-state index contributed by atoms with van der Waals surface area (Å²) in [7, 11) is 2.15. The first-order valence-corrected chi connectivity index (χ1v) is 6.43. The van der Waals surface area contributed by atoms with Gasteiger partial charge in [0.2, 0.25) is 5.95 Å². The van der Waals surface area contributed by atoms with Crippen molar-refractivity contribution in [3.05, 3.63) is 6.07 Å². The number of nitrogens with two attached hydrogens (primary N) is 1. The molecule has 0 spiro atoms. The lowest BCUT2D eigenvalue weighted by atomic mass is 10.2. The van der Waals surface area contributed by atoms with Crippen molar-refractivity contribution in [1.82, 2.24) is 14.9 Å². The zero-order valence-electron chi connectivity index (χ0n) is 11.3. The number of nitrogen functional groups attached to an aromatic ring is 1. The van der Waals surface area contributed by atoms with Crippen molar-refractivity contribution in [3.8, 4) is 0 Å². The van der Waals surface area contributed by atoms with Gasteiger partial charge in [-0.15, -0.1) is 0 Å². The maximum absolute atomic E-state index is 5.76. The average molecular weight is 250 g/mol. The third-order valence-corrected chi connectivity index (χ3v) is 3.37. The Kier molecular flexibility index (Phi) is 3.86. The van der Waals surface area contributed by atoms with Gasteiger partial charge in [0.1, 0.15) is 11.6 Å². The van der Waals surface area contributed by atoms with Crippen LogP contribution < -0.4 is 16.0 Å². The highest BCUT2D eigenvalue weighted by Crippen LogP contribution is 2.20. The molecule has 0 radical (unpaired) electrons. The Bertz CT molecular complexity index is 408. The Morgan fingerprint density at radius 1 is 1.44 bits per heavy atom. The van der Waals surface area contributed by atoms with E-state index in [0.717, 1.165) is 37.8 Å². The first-order valence-electron chi connectivity index (χ1n) is 6.43. The highest BCUT2D eigenvalue weighted by atomic mass is 15.3. The van der Waals surface area contributed by atoms with Crippen LogP contribution in [0.15, 0.2) is 6.07 Å². The number of aromatic nitrogens is 2. The number of nitrogens with one attached hydrogen (secondary N) is 1. The molecule has 0 amide bonds. The molecule has 1 aromatic rings. The van der Waals surface area contributed by atoms with Crippen LogP contribution in [0.1, 0.15) is 13.8 Å². The molecule has 2 heterocycles. The summed E-state index contributed by atoms with van der Waals surface area (Å²) in [4.78, 5) is 13.1.